The van der Waals surface area contributed by atoms with Crippen LogP contribution in [0, 0.1) is 0 Å². The number of urea groups is 1. The fourth-order valence-electron chi connectivity index (χ4n) is 4.06. The second-order valence-electron chi connectivity index (χ2n) is 7.88. The van der Waals surface area contributed by atoms with Crippen molar-refractivity contribution >= 4 is 12.0 Å². The lowest BCUT2D eigenvalue weighted by Crippen LogP contribution is -2.49. The lowest BCUT2D eigenvalue weighted by atomic mass is 9.95. The van der Waals surface area contributed by atoms with E-state index in [9.17, 15) is 9.59 Å². The monoisotopic (exact) mass is 451 g/mol. The number of esters is 1. The summed E-state index contributed by atoms with van der Waals surface area (Å²) < 4.78 is 17.3. The number of para-hydroxylation sites is 2. The molecular formula is C25H29N3O5. The topological polar surface area (TPSA) is 89.1 Å². The predicted molar refractivity (Wildman–Crippen MR) is 123 cm³/mol. The Morgan fingerprint density at radius 3 is 2.55 bits per heavy atom. The summed E-state index contributed by atoms with van der Waals surface area (Å²) in [5.74, 6) is 1.01. The first-order valence-corrected chi connectivity index (χ1v) is 11.2. The third-order valence-corrected chi connectivity index (χ3v) is 5.64. The van der Waals surface area contributed by atoms with Gasteiger partial charge in [0.1, 0.15) is 12.7 Å². The number of amides is 2. The molecule has 0 spiro atoms. The lowest BCUT2D eigenvalue weighted by Gasteiger charge is -2.34. The second-order valence-corrected chi connectivity index (χ2v) is 7.88. The van der Waals surface area contributed by atoms with Crippen LogP contribution in [0.4, 0.5) is 4.79 Å². The zero-order chi connectivity index (χ0) is 23.2. The van der Waals surface area contributed by atoms with Gasteiger partial charge >= 0.3 is 12.0 Å². The van der Waals surface area contributed by atoms with Crippen molar-refractivity contribution in [1.82, 2.24) is 15.5 Å². The van der Waals surface area contributed by atoms with Gasteiger partial charge < -0.3 is 24.8 Å². The number of hydrogen-bond donors (Lipinski definition) is 2. The van der Waals surface area contributed by atoms with Crippen molar-refractivity contribution in [3.8, 4) is 11.5 Å². The molecule has 8 heteroatoms. The van der Waals surface area contributed by atoms with E-state index in [-0.39, 0.29) is 18.7 Å². The van der Waals surface area contributed by atoms with E-state index in [1.807, 2.05) is 61.5 Å². The normalized spacial score (nSPS) is 19.7. The van der Waals surface area contributed by atoms with Crippen molar-refractivity contribution in [3.05, 3.63) is 71.4 Å². The summed E-state index contributed by atoms with van der Waals surface area (Å²) in [5.41, 5.74) is 1.76. The van der Waals surface area contributed by atoms with Crippen molar-refractivity contribution in [1.29, 1.82) is 0 Å². The van der Waals surface area contributed by atoms with Crippen molar-refractivity contribution in [2.45, 2.75) is 26.0 Å². The highest BCUT2D eigenvalue weighted by Gasteiger charge is 2.34. The number of benzene rings is 2. The molecule has 2 amide bonds. The largest absolute Gasteiger partial charge is 0.486 e. The van der Waals surface area contributed by atoms with Gasteiger partial charge in [-0.05, 0) is 31.2 Å². The lowest BCUT2D eigenvalue weighted by molar-refractivity contribution is -0.139. The van der Waals surface area contributed by atoms with E-state index in [0.717, 1.165) is 17.1 Å². The summed E-state index contributed by atoms with van der Waals surface area (Å²) in [7, 11) is 0. The van der Waals surface area contributed by atoms with Gasteiger partial charge in [-0.3, -0.25) is 4.90 Å². The molecule has 0 saturated heterocycles. The van der Waals surface area contributed by atoms with Gasteiger partial charge in [0.2, 0.25) is 0 Å². The van der Waals surface area contributed by atoms with Crippen LogP contribution in [0.3, 0.4) is 0 Å². The molecule has 2 aliphatic rings. The average molecular weight is 452 g/mol. The number of likely N-dealkylation sites (N-methyl/N-ethyl adjacent to an activating group) is 1. The van der Waals surface area contributed by atoms with E-state index >= 15 is 0 Å². The second kappa shape index (κ2) is 10.4. The number of nitrogens with one attached hydrogen (secondary N) is 2. The third kappa shape index (κ3) is 5.28. The Bertz CT molecular complexity index is 1020. The van der Waals surface area contributed by atoms with Gasteiger partial charge in [0.25, 0.3) is 0 Å². The summed E-state index contributed by atoms with van der Waals surface area (Å²) in [6.07, 6.45) is -0.172. The Kier molecular flexibility index (Phi) is 7.14. The SMILES string of the molecule is CCOC(=O)C1=C(CN(CC)CC2COc3ccccc3O2)NC(=O)NC1c1ccccc1. The molecule has 0 fully saturated rings. The van der Waals surface area contributed by atoms with Crippen LogP contribution in [-0.2, 0) is 9.53 Å². The number of fused-ring (bicyclic) bond motifs is 1. The number of ether oxygens (including phenoxy) is 3. The highest BCUT2D eigenvalue weighted by atomic mass is 16.6. The Hall–Kier alpha value is -3.52. The van der Waals surface area contributed by atoms with Gasteiger partial charge in [-0.1, -0.05) is 49.4 Å². The fraction of sp³-hybridized carbons (Fsp3) is 0.360. The van der Waals surface area contributed by atoms with E-state index in [1.54, 1.807) is 6.92 Å². The minimum absolute atomic E-state index is 0.172. The van der Waals surface area contributed by atoms with E-state index in [2.05, 4.69) is 15.5 Å². The minimum Gasteiger partial charge on any atom is -0.486 e. The quantitative estimate of drug-likeness (QED) is 0.600. The Labute approximate surface area is 193 Å². The summed E-state index contributed by atoms with van der Waals surface area (Å²) >= 11 is 0. The maximum absolute atomic E-state index is 13.0. The molecule has 0 radical (unpaired) electrons. The molecule has 33 heavy (non-hydrogen) atoms. The molecular weight excluding hydrogens is 422 g/mol. The molecule has 0 saturated carbocycles. The first-order valence-electron chi connectivity index (χ1n) is 11.2. The summed E-state index contributed by atoms with van der Waals surface area (Å²) in [6.45, 7) is 6.10. The number of carbonyl (C=O) groups is 2. The van der Waals surface area contributed by atoms with Crippen LogP contribution in [0.5, 0.6) is 11.5 Å². The van der Waals surface area contributed by atoms with E-state index in [1.165, 1.54) is 0 Å². The molecule has 2 N–H and O–H groups in total. The Morgan fingerprint density at radius 1 is 1.09 bits per heavy atom. The molecule has 8 nitrogen and oxygen atoms in total. The standard InChI is InChI=1S/C25H29N3O5/c1-3-28(14-18-16-32-20-12-8-9-13-21(20)33-18)15-19-22(24(29)31-4-2)23(27-25(30)26-19)17-10-6-5-7-11-17/h5-13,18,23H,3-4,14-16H2,1-2H3,(H2,26,27,30). The smallest absolute Gasteiger partial charge is 0.338 e. The molecule has 2 heterocycles. The van der Waals surface area contributed by atoms with Crippen LogP contribution in [0.1, 0.15) is 25.5 Å². The molecule has 0 bridgehead atoms. The van der Waals surface area contributed by atoms with Crippen LogP contribution in [0.25, 0.3) is 0 Å². The van der Waals surface area contributed by atoms with Gasteiger partial charge in [-0.15, -0.1) is 0 Å². The predicted octanol–water partition coefficient (Wildman–Crippen LogP) is 3.02. The average Bonchev–Trinajstić information content (AvgIpc) is 2.83. The molecule has 2 atom stereocenters. The first-order chi connectivity index (χ1) is 16.1. The fourth-order valence-corrected chi connectivity index (χ4v) is 4.06. The van der Waals surface area contributed by atoms with Gasteiger partial charge in [-0.25, -0.2) is 9.59 Å². The zero-order valence-corrected chi connectivity index (χ0v) is 18.9. The maximum Gasteiger partial charge on any atom is 0.338 e. The van der Waals surface area contributed by atoms with Crippen molar-refractivity contribution in [3.63, 3.8) is 0 Å². The minimum atomic E-state index is -0.589. The van der Waals surface area contributed by atoms with Gasteiger partial charge in [0, 0.05) is 18.8 Å². The van der Waals surface area contributed by atoms with Crippen molar-refractivity contribution in [2.24, 2.45) is 0 Å². The van der Waals surface area contributed by atoms with E-state index in [0.29, 0.717) is 37.5 Å². The molecule has 2 aromatic rings. The Balaban J connectivity index is 1.57. The molecule has 2 unspecified atom stereocenters. The highest BCUT2D eigenvalue weighted by Crippen LogP contribution is 2.31. The number of rotatable bonds is 8. The van der Waals surface area contributed by atoms with Gasteiger partial charge in [0.05, 0.1) is 18.2 Å². The van der Waals surface area contributed by atoms with Crippen LogP contribution in [-0.4, -0.2) is 55.9 Å². The summed E-state index contributed by atoms with van der Waals surface area (Å²) in [4.78, 5) is 27.6. The summed E-state index contributed by atoms with van der Waals surface area (Å²) in [5, 5.41) is 5.70. The molecule has 0 aromatic heterocycles. The van der Waals surface area contributed by atoms with Crippen LogP contribution in [0.2, 0.25) is 0 Å². The molecule has 174 valence electrons. The summed E-state index contributed by atoms with van der Waals surface area (Å²) in [6, 6.07) is 16.1. The van der Waals surface area contributed by atoms with E-state index < -0.39 is 12.0 Å². The number of nitrogens with zero attached hydrogens (tertiary/aromatic N) is 1. The highest BCUT2D eigenvalue weighted by molar-refractivity contribution is 5.95. The molecule has 0 aliphatic carbocycles. The van der Waals surface area contributed by atoms with Crippen LogP contribution < -0.4 is 20.1 Å². The van der Waals surface area contributed by atoms with Crippen molar-refractivity contribution < 1.29 is 23.8 Å². The van der Waals surface area contributed by atoms with Crippen molar-refractivity contribution in [2.75, 3.05) is 32.8 Å². The zero-order valence-electron chi connectivity index (χ0n) is 18.9. The molecule has 2 aromatic carbocycles. The molecule has 4 rings (SSSR count). The number of carbonyl (C=O) groups excluding carboxylic acids is 2. The Morgan fingerprint density at radius 2 is 1.82 bits per heavy atom. The van der Waals surface area contributed by atoms with Crippen LogP contribution >= 0.6 is 0 Å². The third-order valence-electron chi connectivity index (χ3n) is 5.64. The van der Waals surface area contributed by atoms with Gasteiger partial charge in [0.15, 0.2) is 11.5 Å². The maximum atomic E-state index is 13.0. The van der Waals surface area contributed by atoms with Gasteiger partial charge in [-0.2, -0.15) is 0 Å². The van der Waals surface area contributed by atoms with Crippen LogP contribution in [0.15, 0.2) is 65.9 Å². The first kappa shape index (κ1) is 22.7. The molecule has 2 aliphatic heterocycles. The van der Waals surface area contributed by atoms with E-state index in [4.69, 9.17) is 14.2 Å². The number of hydrogen-bond acceptors (Lipinski definition) is 6.